The Bertz CT molecular complexity index is 623. The second kappa shape index (κ2) is 6.86. The van der Waals surface area contributed by atoms with Crippen LogP contribution >= 0.6 is 15.9 Å². The molecule has 0 fully saturated rings. The van der Waals surface area contributed by atoms with Gasteiger partial charge in [-0.25, -0.2) is 4.79 Å². The molecule has 0 saturated heterocycles. The van der Waals surface area contributed by atoms with E-state index in [9.17, 15) is 4.79 Å². The summed E-state index contributed by atoms with van der Waals surface area (Å²) in [6.07, 6.45) is 4.04. The first kappa shape index (κ1) is 14.3. The molecule has 1 aromatic carbocycles. The molecule has 0 spiro atoms. The first-order chi connectivity index (χ1) is 9.65. The van der Waals surface area contributed by atoms with Crippen molar-refractivity contribution in [3.63, 3.8) is 0 Å². The molecule has 0 aliphatic rings. The first-order valence-electron chi connectivity index (χ1n) is 5.88. The van der Waals surface area contributed by atoms with Crippen molar-refractivity contribution in [2.45, 2.75) is 6.61 Å². The topological polar surface area (TPSA) is 59.4 Å². The predicted octanol–water partition coefficient (Wildman–Crippen LogP) is 3.52. The van der Waals surface area contributed by atoms with E-state index in [4.69, 9.17) is 9.84 Å². The molecule has 0 aliphatic heterocycles. The van der Waals surface area contributed by atoms with Gasteiger partial charge in [-0.3, -0.25) is 4.98 Å². The van der Waals surface area contributed by atoms with Gasteiger partial charge in [-0.2, -0.15) is 0 Å². The molecule has 1 aromatic heterocycles. The molecule has 0 radical (unpaired) electrons. The minimum absolute atomic E-state index is 0.438. The Morgan fingerprint density at radius 1 is 1.30 bits per heavy atom. The molecule has 0 unspecified atom stereocenters. The van der Waals surface area contributed by atoms with Gasteiger partial charge in [-0.05, 0) is 24.3 Å². The molecule has 2 rings (SSSR count). The molecule has 0 amide bonds. The minimum Gasteiger partial charge on any atom is -0.487 e. The maximum atomic E-state index is 10.4. The van der Waals surface area contributed by atoms with Crippen molar-refractivity contribution >= 4 is 28.0 Å². The van der Waals surface area contributed by atoms with Gasteiger partial charge in [0.25, 0.3) is 0 Å². The minimum atomic E-state index is -0.999. The number of ether oxygens (including phenoxy) is 1. The highest BCUT2D eigenvalue weighted by molar-refractivity contribution is 9.10. The lowest BCUT2D eigenvalue weighted by Crippen LogP contribution is -1.97. The molecule has 102 valence electrons. The lowest BCUT2D eigenvalue weighted by Gasteiger charge is -2.07. The van der Waals surface area contributed by atoms with Crippen molar-refractivity contribution in [2.24, 2.45) is 0 Å². The van der Waals surface area contributed by atoms with Gasteiger partial charge in [-0.15, -0.1) is 0 Å². The van der Waals surface area contributed by atoms with Crippen LogP contribution < -0.4 is 4.74 Å². The Morgan fingerprint density at radius 2 is 2.10 bits per heavy atom. The number of halogens is 1. The van der Waals surface area contributed by atoms with Crippen LogP contribution in [0.1, 0.15) is 11.3 Å². The SMILES string of the molecule is O=C(O)C=Cc1ccc(OCc2ccccc2Br)cn1. The van der Waals surface area contributed by atoms with E-state index in [0.29, 0.717) is 18.1 Å². The second-order valence-corrected chi connectivity index (χ2v) is 4.82. The Labute approximate surface area is 124 Å². The Hall–Kier alpha value is -2.14. The molecular weight excluding hydrogens is 322 g/mol. The quantitative estimate of drug-likeness (QED) is 0.850. The molecule has 4 nitrogen and oxygen atoms in total. The van der Waals surface area contributed by atoms with E-state index in [1.165, 1.54) is 6.08 Å². The largest absolute Gasteiger partial charge is 0.487 e. The maximum absolute atomic E-state index is 10.4. The van der Waals surface area contributed by atoms with Crippen molar-refractivity contribution < 1.29 is 14.6 Å². The number of carbonyl (C=O) groups is 1. The zero-order valence-corrected chi connectivity index (χ0v) is 12.1. The van der Waals surface area contributed by atoms with E-state index in [-0.39, 0.29) is 0 Å². The molecule has 0 bridgehead atoms. The molecule has 0 aliphatic carbocycles. The van der Waals surface area contributed by atoms with E-state index < -0.39 is 5.97 Å². The van der Waals surface area contributed by atoms with Gasteiger partial charge in [0.1, 0.15) is 12.4 Å². The van der Waals surface area contributed by atoms with Crippen LogP contribution in [0.4, 0.5) is 0 Å². The third-order valence-corrected chi connectivity index (χ3v) is 3.28. The Morgan fingerprint density at radius 3 is 2.75 bits per heavy atom. The van der Waals surface area contributed by atoms with Crippen LogP contribution in [-0.2, 0) is 11.4 Å². The highest BCUT2D eigenvalue weighted by Gasteiger charge is 2.00. The normalized spacial score (nSPS) is 10.7. The fourth-order valence-electron chi connectivity index (χ4n) is 1.51. The average molecular weight is 334 g/mol. The first-order valence-corrected chi connectivity index (χ1v) is 6.68. The van der Waals surface area contributed by atoms with Gasteiger partial charge >= 0.3 is 5.97 Å². The van der Waals surface area contributed by atoms with Crippen LogP contribution in [0.3, 0.4) is 0 Å². The van der Waals surface area contributed by atoms with Gasteiger partial charge < -0.3 is 9.84 Å². The summed E-state index contributed by atoms with van der Waals surface area (Å²) >= 11 is 3.46. The zero-order valence-electron chi connectivity index (χ0n) is 10.5. The molecule has 0 atom stereocenters. The van der Waals surface area contributed by atoms with Gasteiger partial charge in [0.05, 0.1) is 11.9 Å². The van der Waals surface area contributed by atoms with Crippen LogP contribution in [0, 0.1) is 0 Å². The highest BCUT2D eigenvalue weighted by atomic mass is 79.9. The molecule has 1 N–H and O–H groups in total. The van der Waals surface area contributed by atoms with E-state index in [1.54, 1.807) is 18.3 Å². The number of carboxylic acid groups (broad SMARTS) is 1. The smallest absolute Gasteiger partial charge is 0.328 e. The second-order valence-electron chi connectivity index (χ2n) is 3.97. The summed E-state index contributed by atoms with van der Waals surface area (Å²) in [6, 6.07) is 11.3. The van der Waals surface area contributed by atoms with Crippen LogP contribution in [0.2, 0.25) is 0 Å². The Balaban J connectivity index is 1.97. The summed E-state index contributed by atoms with van der Waals surface area (Å²) in [5.41, 5.74) is 1.61. The number of nitrogens with zero attached hydrogens (tertiary/aromatic N) is 1. The van der Waals surface area contributed by atoms with Crippen molar-refractivity contribution in [3.05, 3.63) is 64.4 Å². The summed E-state index contributed by atoms with van der Waals surface area (Å²) in [5, 5.41) is 8.52. The van der Waals surface area contributed by atoms with E-state index in [0.717, 1.165) is 16.1 Å². The number of hydrogen-bond donors (Lipinski definition) is 1. The summed E-state index contributed by atoms with van der Waals surface area (Å²) in [4.78, 5) is 14.5. The fourth-order valence-corrected chi connectivity index (χ4v) is 1.91. The van der Waals surface area contributed by atoms with E-state index in [1.807, 2.05) is 24.3 Å². The lowest BCUT2D eigenvalue weighted by atomic mass is 10.2. The van der Waals surface area contributed by atoms with Crippen LogP contribution in [0.5, 0.6) is 5.75 Å². The van der Waals surface area contributed by atoms with Gasteiger partial charge in [0.2, 0.25) is 0 Å². The van der Waals surface area contributed by atoms with E-state index >= 15 is 0 Å². The number of carboxylic acids is 1. The van der Waals surface area contributed by atoms with Crippen LogP contribution in [-0.4, -0.2) is 16.1 Å². The summed E-state index contributed by atoms with van der Waals surface area (Å²) in [5.74, 6) is -0.366. The number of aliphatic carboxylic acids is 1. The third kappa shape index (κ3) is 4.20. The zero-order chi connectivity index (χ0) is 14.4. The van der Waals surface area contributed by atoms with Crippen molar-refractivity contribution in [3.8, 4) is 5.75 Å². The Kier molecular flexibility index (Phi) is 4.90. The number of rotatable bonds is 5. The number of pyridine rings is 1. The number of hydrogen-bond acceptors (Lipinski definition) is 3. The molecule has 5 heteroatoms. The molecule has 20 heavy (non-hydrogen) atoms. The van der Waals surface area contributed by atoms with Crippen molar-refractivity contribution in [1.82, 2.24) is 4.98 Å². The number of aromatic nitrogens is 1. The predicted molar refractivity (Wildman–Crippen MR) is 79.4 cm³/mol. The van der Waals surface area contributed by atoms with Gasteiger partial charge in [0.15, 0.2) is 0 Å². The summed E-state index contributed by atoms with van der Waals surface area (Å²) in [6.45, 7) is 0.438. The van der Waals surface area contributed by atoms with E-state index in [2.05, 4.69) is 20.9 Å². The molecule has 2 aromatic rings. The average Bonchev–Trinajstić information content (AvgIpc) is 2.45. The fraction of sp³-hybridized carbons (Fsp3) is 0.0667. The molecule has 1 heterocycles. The van der Waals surface area contributed by atoms with Gasteiger partial charge in [-0.1, -0.05) is 34.1 Å². The van der Waals surface area contributed by atoms with Gasteiger partial charge in [0, 0.05) is 16.1 Å². The van der Waals surface area contributed by atoms with Crippen molar-refractivity contribution in [2.75, 3.05) is 0 Å². The monoisotopic (exact) mass is 333 g/mol. The maximum Gasteiger partial charge on any atom is 0.328 e. The van der Waals surface area contributed by atoms with Crippen LogP contribution in [0.15, 0.2) is 53.1 Å². The van der Waals surface area contributed by atoms with Crippen LogP contribution in [0.25, 0.3) is 6.08 Å². The lowest BCUT2D eigenvalue weighted by molar-refractivity contribution is -0.131. The highest BCUT2D eigenvalue weighted by Crippen LogP contribution is 2.18. The number of benzene rings is 1. The molecular formula is C15H12BrNO3. The third-order valence-electron chi connectivity index (χ3n) is 2.51. The van der Waals surface area contributed by atoms with Crippen molar-refractivity contribution in [1.29, 1.82) is 0 Å². The summed E-state index contributed by atoms with van der Waals surface area (Å²) < 4.78 is 6.61. The standard InChI is InChI=1S/C15H12BrNO3/c16-14-4-2-1-3-11(14)10-20-13-7-5-12(17-9-13)6-8-15(18)19/h1-9H,10H2,(H,18,19). The summed E-state index contributed by atoms with van der Waals surface area (Å²) in [7, 11) is 0. The molecule has 0 saturated carbocycles.